The summed E-state index contributed by atoms with van der Waals surface area (Å²) in [6, 6.07) is 9.82. The smallest absolute Gasteiger partial charge is 0.251 e. The van der Waals surface area contributed by atoms with Crippen molar-refractivity contribution in [3.8, 4) is 5.88 Å². The van der Waals surface area contributed by atoms with Crippen molar-refractivity contribution in [2.45, 2.75) is 38.6 Å². The van der Waals surface area contributed by atoms with Crippen LogP contribution in [0.4, 0.5) is 0 Å². The molecule has 2 atom stereocenters. The van der Waals surface area contributed by atoms with Crippen molar-refractivity contribution in [1.82, 2.24) is 14.6 Å². The quantitative estimate of drug-likeness (QED) is 0.728. The first-order chi connectivity index (χ1) is 14.3. The summed E-state index contributed by atoms with van der Waals surface area (Å²) in [4.78, 5) is 17.0. The predicted molar refractivity (Wildman–Crippen MR) is 115 cm³/mol. The molecule has 0 radical (unpaired) electrons. The lowest BCUT2D eigenvalue weighted by Gasteiger charge is -2.34. The minimum absolute atomic E-state index is 0.146. The molecule has 162 valence electrons. The van der Waals surface area contributed by atoms with E-state index in [4.69, 9.17) is 4.74 Å². The zero-order chi connectivity index (χ0) is 21.7. The second-order valence-electron chi connectivity index (χ2n) is 7.88. The van der Waals surface area contributed by atoms with Gasteiger partial charge < -0.3 is 10.1 Å². The highest BCUT2D eigenvalue weighted by molar-refractivity contribution is 7.89. The van der Waals surface area contributed by atoms with Crippen LogP contribution in [0, 0.1) is 11.8 Å². The SMILES string of the molecule is CCOc1ncccc1CNC(=O)c1cccc(S(=O)(=O)N2CC(C)CC(C)C2)c1. The summed E-state index contributed by atoms with van der Waals surface area (Å²) in [7, 11) is -3.64. The Labute approximate surface area is 178 Å². The Morgan fingerprint density at radius 2 is 1.93 bits per heavy atom. The molecule has 1 amide bonds. The molecule has 0 bridgehead atoms. The Balaban J connectivity index is 1.74. The Morgan fingerprint density at radius 3 is 2.63 bits per heavy atom. The van der Waals surface area contributed by atoms with E-state index in [1.54, 1.807) is 30.5 Å². The van der Waals surface area contributed by atoms with Gasteiger partial charge in [0, 0.05) is 37.0 Å². The predicted octanol–water partition coefficient (Wildman–Crippen LogP) is 3.08. The van der Waals surface area contributed by atoms with Crippen molar-refractivity contribution in [1.29, 1.82) is 0 Å². The molecular formula is C22H29N3O4S. The van der Waals surface area contributed by atoms with Gasteiger partial charge in [-0.2, -0.15) is 4.31 Å². The molecule has 1 aliphatic rings. The van der Waals surface area contributed by atoms with Gasteiger partial charge in [0.05, 0.1) is 11.5 Å². The van der Waals surface area contributed by atoms with Crippen molar-refractivity contribution in [3.63, 3.8) is 0 Å². The van der Waals surface area contributed by atoms with Crippen LogP contribution >= 0.6 is 0 Å². The number of hydrogen-bond donors (Lipinski definition) is 1. The van der Waals surface area contributed by atoms with Gasteiger partial charge in [0.15, 0.2) is 0 Å². The maximum absolute atomic E-state index is 13.1. The number of carbonyl (C=O) groups is 1. The molecule has 1 aliphatic heterocycles. The summed E-state index contributed by atoms with van der Waals surface area (Å²) in [5.74, 6) is 0.756. The fourth-order valence-electron chi connectivity index (χ4n) is 3.85. The summed E-state index contributed by atoms with van der Waals surface area (Å²) in [5, 5.41) is 2.82. The van der Waals surface area contributed by atoms with E-state index in [0.29, 0.717) is 43.0 Å². The van der Waals surface area contributed by atoms with Crippen molar-refractivity contribution in [2.24, 2.45) is 11.8 Å². The van der Waals surface area contributed by atoms with Gasteiger partial charge in [0.1, 0.15) is 0 Å². The first-order valence-electron chi connectivity index (χ1n) is 10.3. The summed E-state index contributed by atoms with van der Waals surface area (Å²) in [6.45, 7) is 7.72. The van der Waals surface area contributed by atoms with E-state index < -0.39 is 10.0 Å². The largest absolute Gasteiger partial charge is 0.478 e. The summed E-state index contributed by atoms with van der Waals surface area (Å²) in [6.07, 6.45) is 2.65. The normalized spacial score (nSPS) is 20.0. The number of rotatable bonds is 7. The fraction of sp³-hybridized carbons (Fsp3) is 0.455. The summed E-state index contributed by atoms with van der Waals surface area (Å²) in [5.41, 5.74) is 1.06. The molecular weight excluding hydrogens is 402 g/mol. The minimum Gasteiger partial charge on any atom is -0.478 e. The monoisotopic (exact) mass is 431 g/mol. The van der Waals surface area contributed by atoms with Crippen LogP contribution in [0.25, 0.3) is 0 Å². The van der Waals surface area contributed by atoms with Gasteiger partial charge in [0.2, 0.25) is 15.9 Å². The van der Waals surface area contributed by atoms with E-state index in [9.17, 15) is 13.2 Å². The van der Waals surface area contributed by atoms with E-state index >= 15 is 0 Å². The lowest BCUT2D eigenvalue weighted by atomic mass is 9.94. The number of ether oxygens (including phenoxy) is 1. The Hall–Kier alpha value is -2.45. The number of aromatic nitrogens is 1. The molecule has 7 nitrogen and oxygen atoms in total. The third kappa shape index (κ3) is 5.17. The molecule has 0 saturated carbocycles. The Morgan fingerprint density at radius 1 is 1.20 bits per heavy atom. The minimum atomic E-state index is -3.64. The summed E-state index contributed by atoms with van der Waals surface area (Å²) >= 11 is 0. The second kappa shape index (κ2) is 9.57. The molecule has 1 aromatic heterocycles. The van der Waals surface area contributed by atoms with Gasteiger partial charge in [-0.15, -0.1) is 0 Å². The van der Waals surface area contributed by atoms with Crippen molar-refractivity contribution in [2.75, 3.05) is 19.7 Å². The molecule has 0 spiro atoms. The van der Waals surface area contributed by atoms with E-state index in [0.717, 1.165) is 12.0 Å². The molecule has 1 aromatic carbocycles. The topological polar surface area (TPSA) is 88.6 Å². The van der Waals surface area contributed by atoms with E-state index in [2.05, 4.69) is 24.1 Å². The maximum Gasteiger partial charge on any atom is 0.251 e. The molecule has 3 rings (SSSR count). The highest BCUT2D eigenvalue weighted by Crippen LogP contribution is 2.27. The highest BCUT2D eigenvalue weighted by Gasteiger charge is 2.31. The van der Waals surface area contributed by atoms with Crippen molar-refractivity contribution < 1.29 is 17.9 Å². The lowest BCUT2D eigenvalue weighted by Crippen LogP contribution is -2.42. The van der Waals surface area contributed by atoms with Gasteiger partial charge >= 0.3 is 0 Å². The number of amides is 1. The Bertz CT molecular complexity index is 983. The number of carbonyl (C=O) groups excluding carboxylic acids is 1. The molecule has 30 heavy (non-hydrogen) atoms. The van der Waals surface area contributed by atoms with Crippen LogP contribution in [0.15, 0.2) is 47.5 Å². The van der Waals surface area contributed by atoms with Crippen molar-refractivity contribution >= 4 is 15.9 Å². The van der Waals surface area contributed by atoms with E-state index in [1.807, 2.05) is 13.0 Å². The number of hydrogen-bond acceptors (Lipinski definition) is 5. The lowest BCUT2D eigenvalue weighted by molar-refractivity contribution is 0.0950. The fourth-order valence-corrected chi connectivity index (χ4v) is 5.58. The van der Waals surface area contributed by atoms with Crippen LogP contribution in [0.1, 0.15) is 43.1 Å². The Kier molecular flexibility index (Phi) is 7.10. The van der Waals surface area contributed by atoms with E-state index in [-0.39, 0.29) is 17.3 Å². The van der Waals surface area contributed by atoms with Gasteiger partial charge in [0.25, 0.3) is 5.91 Å². The van der Waals surface area contributed by atoms with Gasteiger partial charge in [-0.25, -0.2) is 13.4 Å². The third-order valence-corrected chi connectivity index (χ3v) is 6.97. The molecule has 1 N–H and O–H groups in total. The first kappa shape index (κ1) is 22.2. The molecule has 1 saturated heterocycles. The number of nitrogens with one attached hydrogen (secondary N) is 1. The number of sulfonamides is 1. The van der Waals surface area contributed by atoms with Crippen LogP contribution in [0.3, 0.4) is 0 Å². The second-order valence-corrected chi connectivity index (χ2v) is 9.82. The average molecular weight is 432 g/mol. The number of pyridine rings is 1. The molecule has 8 heteroatoms. The van der Waals surface area contributed by atoms with Gasteiger partial charge in [-0.1, -0.05) is 26.0 Å². The summed E-state index contributed by atoms with van der Waals surface area (Å²) < 4.78 is 33.2. The number of piperidine rings is 1. The first-order valence-corrected chi connectivity index (χ1v) is 11.7. The molecule has 2 heterocycles. The molecule has 2 aromatic rings. The van der Waals surface area contributed by atoms with Crippen LogP contribution in [-0.2, 0) is 16.6 Å². The third-order valence-electron chi connectivity index (χ3n) is 5.14. The molecule has 0 aliphatic carbocycles. The number of nitrogens with zero attached hydrogens (tertiary/aromatic N) is 2. The van der Waals surface area contributed by atoms with E-state index in [1.165, 1.54) is 10.4 Å². The van der Waals surface area contributed by atoms with Crippen molar-refractivity contribution in [3.05, 3.63) is 53.7 Å². The van der Waals surface area contributed by atoms with Gasteiger partial charge in [-0.05, 0) is 49.4 Å². The zero-order valence-corrected chi connectivity index (χ0v) is 18.5. The molecule has 1 fully saturated rings. The standard InChI is InChI=1S/C22H29N3O4S/c1-4-29-22-19(8-6-10-23-22)13-24-21(26)18-7-5-9-20(12-18)30(27,28)25-14-16(2)11-17(3)15-25/h5-10,12,16-17H,4,11,13-15H2,1-3H3,(H,24,26). The number of benzene rings is 1. The molecule has 2 unspecified atom stereocenters. The van der Waals surface area contributed by atoms with Gasteiger partial charge in [-0.3, -0.25) is 4.79 Å². The van der Waals surface area contributed by atoms with Crippen LogP contribution in [0.2, 0.25) is 0 Å². The maximum atomic E-state index is 13.1. The highest BCUT2D eigenvalue weighted by atomic mass is 32.2. The van der Waals surface area contributed by atoms with Crippen LogP contribution in [-0.4, -0.2) is 43.3 Å². The van der Waals surface area contributed by atoms with Crippen LogP contribution < -0.4 is 10.1 Å². The average Bonchev–Trinajstić information content (AvgIpc) is 2.72. The van der Waals surface area contributed by atoms with Crippen LogP contribution in [0.5, 0.6) is 5.88 Å². The zero-order valence-electron chi connectivity index (χ0n) is 17.7.